The first-order valence-electron chi connectivity index (χ1n) is 11.0. The van der Waals surface area contributed by atoms with Crippen LogP contribution in [0, 0.1) is 0 Å². The summed E-state index contributed by atoms with van der Waals surface area (Å²) in [5, 5.41) is 20.4. The Morgan fingerprint density at radius 1 is 0.535 bits per heavy atom. The van der Waals surface area contributed by atoms with Crippen LogP contribution in [0.15, 0.2) is 97.6 Å². The van der Waals surface area contributed by atoms with E-state index in [2.05, 4.69) is 9.97 Å². The zero-order valence-corrected chi connectivity index (χ0v) is 26.5. The molecule has 4 rings (SSSR count). The number of hydrogen-bond donors (Lipinski definition) is 2. The van der Waals surface area contributed by atoms with Crippen LogP contribution in [-0.4, -0.2) is 51.8 Å². The maximum atomic E-state index is 10.4. The Morgan fingerprint density at radius 2 is 0.791 bits per heavy atom. The van der Waals surface area contributed by atoms with Crippen molar-refractivity contribution in [2.24, 2.45) is 11.5 Å². The molecular weight excluding hydrogens is 665 g/mol. The summed E-state index contributed by atoms with van der Waals surface area (Å²) in [6.07, 6.45) is 7.42. The molecule has 14 nitrogen and oxygen atoms in total. The summed E-state index contributed by atoms with van der Waals surface area (Å²) in [4.78, 5) is 68.9. The van der Waals surface area contributed by atoms with Crippen LogP contribution < -0.4 is 21.7 Å². The first-order chi connectivity index (χ1) is 19.1. The number of carbonyl (C=O) groups excluding carboxylic acids is 6. The Hall–Kier alpha value is -5.20. The van der Waals surface area contributed by atoms with Crippen LogP contribution in [0.25, 0.3) is 0 Å². The van der Waals surface area contributed by atoms with Gasteiger partial charge < -0.3 is 42.2 Å². The quantitative estimate of drug-likeness (QED) is 0.132. The Balaban J connectivity index is -0.000000487. The molecule has 0 spiro atoms. The number of aromatic carboxylic acids is 2. The Morgan fingerprint density at radius 3 is 0.953 bits per heavy atom. The van der Waals surface area contributed by atoms with Crippen LogP contribution in [0.4, 0.5) is 0 Å². The zero-order valence-electron chi connectivity index (χ0n) is 22.5. The van der Waals surface area contributed by atoms with Gasteiger partial charge in [0.05, 0.1) is 11.9 Å². The summed E-state index contributed by atoms with van der Waals surface area (Å²) in [6.45, 7) is 0. The molecule has 0 aliphatic carbocycles. The summed E-state index contributed by atoms with van der Waals surface area (Å²) in [5.74, 6) is -3.31. The standard InChI is InChI=1S/2C8H6O3.2C6H6N2O.Cd.2H2O/c2*9-5-6-1-3-7(4-2-6)8(10)11;2*7-6(9)5-1-3-8-4-2-5;;;/h2*1-5H,(H,10,11);2*1-4H,(H2,7,9);;2*1H2/q;;;;+2;;/p-1. The topological polar surface area (TPSA) is 291 Å². The van der Waals surface area contributed by atoms with Crippen molar-refractivity contribution in [3.63, 3.8) is 0 Å². The minimum Gasteiger partial charge on any atom is -0.545 e. The van der Waals surface area contributed by atoms with Gasteiger partial charge in [0.2, 0.25) is 11.8 Å². The second kappa shape index (κ2) is 23.5. The number of hydrogen-bond acceptors (Lipinski definition) is 10. The van der Waals surface area contributed by atoms with E-state index in [1.165, 1.54) is 73.3 Å². The van der Waals surface area contributed by atoms with Crippen molar-refractivity contribution in [3.8, 4) is 0 Å². The van der Waals surface area contributed by atoms with Crippen molar-refractivity contribution < 1.29 is 77.2 Å². The number of aldehydes is 2. The molecule has 0 fully saturated rings. The largest absolute Gasteiger partial charge is 2.00 e. The van der Waals surface area contributed by atoms with Crippen molar-refractivity contribution in [2.45, 2.75) is 0 Å². The number of pyridine rings is 2. The molecule has 0 radical (unpaired) electrons. The van der Waals surface area contributed by atoms with E-state index >= 15 is 0 Å². The van der Waals surface area contributed by atoms with Crippen LogP contribution in [-0.2, 0) is 32.8 Å². The fourth-order valence-electron chi connectivity index (χ4n) is 2.43. The Bertz CT molecular complexity index is 1310. The normalized spacial score (nSPS) is 8.37. The first kappa shape index (κ1) is 42.3. The molecule has 2 aromatic carbocycles. The van der Waals surface area contributed by atoms with Gasteiger partial charge in [0.25, 0.3) is 0 Å². The molecule has 0 atom stereocenters. The number of benzene rings is 2. The van der Waals surface area contributed by atoms with Gasteiger partial charge in [0, 0.05) is 47.0 Å². The van der Waals surface area contributed by atoms with Crippen molar-refractivity contribution >= 4 is 36.3 Å². The van der Waals surface area contributed by atoms with E-state index in [0.717, 1.165) is 0 Å². The minimum atomic E-state index is -1.23. The van der Waals surface area contributed by atoms with Crippen LogP contribution in [0.5, 0.6) is 0 Å². The van der Waals surface area contributed by atoms with E-state index in [0.29, 0.717) is 34.8 Å². The third kappa shape index (κ3) is 17.3. The number of rotatable bonds is 6. The maximum Gasteiger partial charge on any atom is 2.00 e. The molecule has 0 aliphatic rings. The summed E-state index contributed by atoms with van der Waals surface area (Å²) in [5.41, 5.74) is 11.9. The number of carbonyl (C=O) groups is 6. The number of nitrogens with two attached hydrogens (primary N) is 2. The second-order valence-electron chi connectivity index (χ2n) is 7.25. The first-order valence-corrected chi connectivity index (χ1v) is 11.0. The van der Waals surface area contributed by atoms with Gasteiger partial charge in [-0.05, 0) is 35.4 Å². The average molecular weight is 692 g/mol. The molecule has 0 unspecified atom stereocenters. The van der Waals surface area contributed by atoms with Crippen LogP contribution >= 0.6 is 0 Å². The molecule has 0 saturated heterocycles. The maximum absolute atomic E-state index is 10.4. The monoisotopic (exact) mass is 693 g/mol. The molecule has 2 amide bonds. The molecule has 220 valence electrons. The summed E-state index contributed by atoms with van der Waals surface area (Å²) in [7, 11) is 0. The molecule has 2 heterocycles. The van der Waals surface area contributed by atoms with E-state index in [9.17, 15) is 39.0 Å². The van der Waals surface area contributed by atoms with E-state index < -0.39 is 23.8 Å². The van der Waals surface area contributed by atoms with Gasteiger partial charge in [-0.1, -0.05) is 48.5 Å². The van der Waals surface area contributed by atoms with Gasteiger partial charge in [-0.15, -0.1) is 0 Å². The number of carboxylic acids is 2. The number of amides is 2. The van der Waals surface area contributed by atoms with E-state index in [1.54, 1.807) is 24.3 Å². The van der Waals surface area contributed by atoms with Gasteiger partial charge in [0.15, 0.2) is 0 Å². The number of primary amides is 2. The molecule has 15 heteroatoms. The minimum absolute atomic E-state index is 0. The predicted octanol–water partition coefficient (Wildman–Crippen LogP) is -1.66. The van der Waals surface area contributed by atoms with E-state index in [1.807, 2.05) is 0 Å². The molecule has 0 aliphatic heterocycles. The smallest absolute Gasteiger partial charge is 0.545 e. The number of carboxylic acid groups (broad SMARTS) is 2. The molecule has 43 heavy (non-hydrogen) atoms. The van der Waals surface area contributed by atoms with Gasteiger partial charge in [0.1, 0.15) is 12.6 Å². The second-order valence-corrected chi connectivity index (χ2v) is 7.25. The van der Waals surface area contributed by atoms with Crippen LogP contribution in [0.1, 0.15) is 62.1 Å². The SMILES string of the molecule is NC(=O)c1ccncc1.NC(=O)c1ccncc1.O.O=Cc1ccc(C(=O)[O-])cc1.O=Cc1ccc(C(=O)[O-])cc1.[Cd+2].[OH3+]. The van der Waals surface area contributed by atoms with Gasteiger partial charge in [-0.25, -0.2) is 0 Å². The van der Waals surface area contributed by atoms with Crippen molar-refractivity contribution in [1.29, 1.82) is 0 Å². The summed E-state index contributed by atoms with van der Waals surface area (Å²) < 4.78 is 0. The van der Waals surface area contributed by atoms with Crippen LogP contribution in [0.3, 0.4) is 0 Å². The van der Waals surface area contributed by atoms with Gasteiger partial charge in [-0.3, -0.25) is 29.1 Å². The Labute approximate surface area is 265 Å². The van der Waals surface area contributed by atoms with Crippen molar-refractivity contribution in [2.75, 3.05) is 0 Å². The van der Waals surface area contributed by atoms with Crippen LogP contribution in [0.2, 0.25) is 0 Å². The number of nitrogens with zero attached hydrogens (tertiary/aromatic N) is 2. The van der Waals surface area contributed by atoms with Crippen molar-refractivity contribution in [3.05, 3.63) is 131 Å². The number of aromatic nitrogens is 2. The fraction of sp³-hybridized carbons (Fsp3) is 0. The average Bonchev–Trinajstić information content (AvgIpc) is 2.99. The molecule has 0 bridgehead atoms. The molecular formula is C28H27CdN4O10+. The molecule has 9 N–H and O–H groups in total. The fourth-order valence-corrected chi connectivity index (χ4v) is 2.43. The molecule has 4 aromatic rings. The molecule has 2 aromatic heterocycles. The third-order valence-electron chi connectivity index (χ3n) is 4.49. The van der Waals surface area contributed by atoms with Crippen molar-refractivity contribution in [1.82, 2.24) is 9.97 Å². The predicted molar refractivity (Wildman–Crippen MR) is 146 cm³/mol. The Kier molecular flexibility index (Phi) is 23.1. The van der Waals surface area contributed by atoms with E-state index in [4.69, 9.17) is 11.5 Å². The molecule has 0 saturated carbocycles. The summed E-state index contributed by atoms with van der Waals surface area (Å²) >= 11 is 0. The zero-order chi connectivity index (χ0) is 29.9. The van der Waals surface area contributed by atoms with E-state index in [-0.39, 0.29) is 49.4 Å². The summed E-state index contributed by atoms with van der Waals surface area (Å²) in [6, 6.07) is 17.3. The van der Waals surface area contributed by atoms with Gasteiger partial charge in [-0.2, -0.15) is 0 Å². The third-order valence-corrected chi connectivity index (χ3v) is 4.49. The van der Waals surface area contributed by atoms with Gasteiger partial charge >= 0.3 is 27.3 Å².